The second kappa shape index (κ2) is 6.48. The highest BCUT2D eigenvalue weighted by molar-refractivity contribution is 6.29. The van der Waals surface area contributed by atoms with Gasteiger partial charge in [0.1, 0.15) is 22.8 Å². The summed E-state index contributed by atoms with van der Waals surface area (Å²) in [5.74, 6) is -0.688. The number of nitrogen functional groups attached to an aromatic ring is 1. The minimum Gasteiger partial charge on any atom is -0.466 e. The number of rotatable bonds is 5. The van der Waals surface area contributed by atoms with E-state index in [2.05, 4.69) is 14.7 Å². The van der Waals surface area contributed by atoms with Gasteiger partial charge in [0, 0.05) is 0 Å². The Morgan fingerprint density at radius 2 is 2.28 bits per heavy atom. The van der Waals surface area contributed by atoms with Crippen molar-refractivity contribution in [3.63, 3.8) is 0 Å². The summed E-state index contributed by atoms with van der Waals surface area (Å²) >= 11 is 5.61. The molecule has 0 saturated heterocycles. The molecule has 0 radical (unpaired) electrons. The average Bonchev–Trinajstić information content (AvgIpc) is 2.31. The molecule has 1 rings (SSSR count). The van der Waals surface area contributed by atoms with Crippen LogP contribution in [0.5, 0.6) is 0 Å². The van der Waals surface area contributed by atoms with Crippen LogP contribution < -0.4 is 5.73 Å². The summed E-state index contributed by atoms with van der Waals surface area (Å²) in [6.07, 6.45) is -2.01. The smallest absolute Gasteiger partial charge is 0.308 e. The van der Waals surface area contributed by atoms with Gasteiger partial charge in [-0.1, -0.05) is 11.6 Å². The number of carbonyl (C=O) groups is 1. The quantitative estimate of drug-likeness (QED) is 0.650. The van der Waals surface area contributed by atoms with E-state index < -0.39 is 18.2 Å². The summed E-state index contributed by atoms with van der Waals surface area (Å²) in [5.41, 5.74) is 5.43. The molecule has 8 heteroatoms. The number of halogens is 1. The van der Waals surface area contributed by atoms with E-state index in [-0.39, 0.29) is 29.7 Å². The van der Waals surface area contributed by atoms with E-state index in [4.69, 9.17) is 17.3 Å². The fourth-order valence-electron chi connectivity index (χ4n) is 1.29. The van der Waals surface area contributed by atoms with E-state index in [1.54, 1.807) is 6.92 Å². The average molecular weight is 276 g/mol. The summed E-state index contributed by atoms with van der Waals surface area (Å²) in [4.78, 5) is 18.6. The molecule has 4 N–H and O–H groups in total. The molecule has 1 aromatic rings. The number of aliphatic hydroxyl groups is 2. The summed E-state index contributed by atoms with van der Waals surface area (Å²) in [6.45, 7) is 1.84. The molecule has 2 atom stereocenters. The Kier molecular flexibility index (Phi) is 5.26. The number of aliphatic hydroxyl groups excluding tert-OH is 2. The molecule has 2 unspecified atom stereocenters. The van der Waals surface area contributed by atoms with Crippen LogP contribution in [0.1, 0.15) is 25.1 Å². The first-order valence-electron chi connectivity index (χ1n) is 5.25. The van der Waals surface area contributed by atoms with Gasteiger partial charge >= 0.3 is 5.97 Å². The molecule has 0 aliphatic heterocycles. The number of hydrogen-bond donors (Lipinski definition) is 3. The number of esters is 1. The molecule has 7 nitrogen and oxygen atoms in total. The number of anilines is 1. The van der Waals surface area contributed by atoms with Gasteiger partial charge in [-0.3, -0.25) is 4.79 Å². The van der Waals surface area contributed by atoms with Crippen LogP contribution in [0, 0.1) is 0 Å². The van der Waals surface area contributed by atoms with E-state index in [1.807, 2.05) is 0 Å². The van der Waals surface area contributed by atoms with E-state index >= 15 is 0 Å². The van der Waals surface area contributed by atoms with E-state index in [0.717, 1.165) is 0 Å². The number of ether oxygens (including phenoxy) is 1. The molecule has 0 spiro atoms. The Morgan fingerprint density at radius 1 is 1.61 bits per heavy atom. The molecule has 100 valence electrons. The van der Waals surface area contributed by atoms with Gasteiger partial charge in [-0.15, -0.1) is 0 Å². The lowest BCUT2D eigenvalue weighted by molar-refractivity contribution is -0.147. The van der Waals surface area contributed by atoms with Gasteiger partial charge in [0.15, 0.2) is 0 Å². The molecule has 0 saturated carbocycles. The molecule has 18 heavy (non-hydrogen) atoms. The minimum atomic E-state index is -1.46. The fraction of sp³-hybridized carbons (Fsp3) is 0.500. The zero-order valence-electron chi connectivity index (χ0n) is 9.71. The Hall–Kier alpha value is -1.44. The maximum atomic E-state index is 11.2. The molecule has 1 heterocycles. The third kappa shape index (κ3) is 3.80. The normalized spacial score (nSPS) is 14.0. The molecule has 0 fully saturated rings. The topological polar surface area (TPSA) is 119 Å². The first kappa shape index (κ1) is 14.6. The summed E-state index contributed by atoms with van der Waals surface area (Å²) in [5, 5.41) is 19.5. The van der Waals surface area contributed by atoms with Gasteiger partial charge in [0.2, 0.25) is 0 Å². The standard InChI is InChI=1S/C10H14ClN3O4/c1-2-18-7(16)3-5(15)9(17)8-10(12)13-4-6(11)14-8/h4-5,9,15,17H,2-3H2,1H3,(H2,12,13). The maximum Gasteiger partial charge on any atom is 0.308 e. The summed E-state index contributed by atoms with van der Waals surface area (Å²) in [6, 6.07) is 0. The second-order valence-corrected chi connectivity index (χ2v) is 3.87. The summed E-state index contributed by atoms with van der Waals surface area (Å²) in [7, 11) is 0. The molecule has 0 amide bonds. The highest BCUT2D eigenvalue weighted by Gasteiger charge is 2.25. The van der Waals surface area contributed by atoms with Crippen molar-refractivity contribution >= 4 is 23.4 Å². The van der Waals surface area contributed by atoms with E-state index in [1.165, 1.54) is 6.20 Å². The Labute approximate surface area is 109 Å². The number of nitrogens with two attached hydrogens (primary N) is 1. The zero-order chi connectivity index (χ0) is 13.7. The molecule has 0 aliphatic rings. The number of aromatic nitrogens is 2. The minimum absolute atomic E-state index is 0.0292. The van der Waals surface area contributed by atoms with Crippen LogP contribution >= 0.6 is 11.6 Å². The van der Waals surface area contributed by atoms with Crippen molar-refractivity contribution in [2.75, 3.05) is 12.3 Å². The predicted molar refractivity (Wildman–Crippen MR) is 63.7 cm³/mol. The van der Waals surface area contributed by atoms with Gasteiger partial charge in [0.25, 0.3) is 0 Å². The van der Waals surface area contributed by atoms with Gasteiger partial charge in [-0.2, -0.15) is 0 Å². The van der Waals surface area contributed by atoms with Crippen molar-refractivity contribution in [3.05, 3.63) is 17.0 Å². The lowest BCUT2D eigenvalue weighted by Crippen LogP contribution is -2.25. The molecule has 0 aromatic carbocycles. The molecule has 1 aromatic heterocycles. The van der Waals surface area contributed by atoms with Crippen LogP contribution in [-0.4, -0.2) is 38.9 Å². The summed E-state index contributed by atoms with van der Waals surface area (Å²) < 4.78 is 4.65. The van der Waals surface area contributed by atoms with Crippen LogP contribution in [0.3, 0.4) is 0 Å². The predicted octanol–water partition coefficient (Wildman–Crippen LogP) is 0.0597. The van der Waals surface area contributed by atoms with E-state index in [0.29, 0.717) is 0 Å². The Balaban J connectivity index is 2.76. The number of nitrogens with zero attached hydrogens (tertiary/aromatic N) is 2. The van der Waals surface area contributed by atoms with Crippen molar-refractivity contribution in [1.29, 1.82) is 0 Å². The lowest BCUT2D eigenvalue weighted by atomic mass is 10.1. The lowest BCUT2D eigenvalue weighted by Gasteiger charge is -2.17. The zero-order valence-corrected chi connectivity index (χ0v) is 10.5. The molecule has 0 aliphatic carbocycles. The van der Waals surface area contributed by atoms with Gasteiger partial charge in [-0.25, -0.2) is 9.97 Å². The molecular formula is C10H14ClN3O4. The van der Waals surface area contributed by atoms with Crippen LogP contribution in [0.25, 0.3) is 0 Å². The van der Waals surface area contributed by atoms with Crippen molar-refractivity contribution in [2.45, 2.75) is 25.6 Å². The van der Waals surface area contributed by atoms with Crippen molar-refractivity contribution in [3.8, 4) is 0 Å². The van der Waals surface area contributed by atoms with Crippen LogP contribution in [0.4, 0.5) is 5.82 Å². The van der Waals surface area contributed by atoms with Crippen LogP contribution in [0.2, 0.25) is 5.15 Å². The molecule has 0 bridgehead atoms. The van der Waals surface area contributed by atoms with Crippen LogP contribution in [-0.2, 0) is 9.53 Å². The third-order valence-corrected chi connectivity index (χ3v) is 2.31. The first-order chi connectivity index (χ1) is 8.45. The van der Waals surface area contributed by atoms with E-state index in [9.17, 15) is 15.0 Å². The van der Waals surface area contributed by atoms with Gasteiger partial charge in [-0.05, 0) is 6.92 Å². The third-order valence-electron chi connectivity index (χ3n) is 2.13. The highest BCUT2D eigenvalue weighted by atomic mass is 35.5. The second-order valence-electron chi connectivity index (χ2n) is 3.48. The number of hydrogen-bond acceptors (Lipinski definition) is 7. The highest BCUT2D eigenvalue weighted by Crippen LogP contribution is 2.22. The largest absolute Gasteiger partial charge is 0.466 e. The van der Waals surface area contributed by atoms with Gasteiger partial charge in [0.05, 0.1) is 25.3 Å². The Morgan fingerprint density at radius 3 is 2.89 bits per heavy atom. The number of carbonyl (C=O) groups excluding carboxylic acids is 1. The monoisotopic (exact) mass is 275 g/mol. The first-order valence-corrected chi connectivity index (χ1v) is 5.63. The SMILES string of the molecule is CCOC(=O)CC(O)C(O)c1nc(Cl)cnc1N. The van der Waals surface area contributed by atoms with Gasteiger partial charge < -0.3 is 20.7 Å². The van der Waals surface area contributed by atoms with Crippen molar-refractivity contribution < 1.29 is 19.7 Å². The van der Waals surface area contributed by atoms with Crippen molar-refractivity contribution in [1.82, 2.24) is 9.97 Å². The molecular weight excluding hydrogens is 262 g/mol. The maximum absolute atomic E-state index is 11.2. The fourth-order valence-corrected chi connectivity index (χ4v) is 1.43. The Bertz CT molecular complexity index is 430. The van der Waals surface area contributed by atoms with Crippen LogP contribution in [0.15, 0.2) is 6.20 Å². The van der Waals surface area contributed by atoms with Crippen molar-refractivity contribution in [2.24, 2.45) is 0 Å².